The molecule has 0 amide bonds. The summed E-state index contributed by atoms with van der Waals surface area (Å²) >= 11 is 0. The fourth-order valence-corrected chi connectivity index (χ4v) is 10.4. The number of nitriles is 2. The van der Waals surface area contributed by atoms with Crippen LogP contribution in [0.2, 0.25) is 0 Å². The van der Waals surface area contributed by atoms with Gasteiger partial charge in [-0.15, -0.1) is 0 Å². The van der Waals surface area contributed by atoms with E-state index in [4.69, 9.17) is 21.5 Å². The highest BCUT2D eigenvalue weighted by atomic mass is 15.1. The number of rotatable bonds is 8. The van der Waals surface area contributed by atoms with Crippen molar-refractivity contribution in [2.45, 2.75) is 0 Å². The first kappa shape index (κ1) is 43.3. The Hall–Kier alpha value is -10.7. The number of aromatic nitrogens is 5. The van der Waals surface area contributed by atoms with Crippen LogP contribution in [0.25, 0.3) is 127 Å². The molecule has 0 unspecified atom stereocenters. The van der Waals surface area contributed by atoms with Crippen molar-refractivity contribution in [2.24, 2.45) is 0 Å². The molecule has 0 aliphatic carbocycles. The molecule has 0 spiro atoms. The molecule has 13 aromatic rings. The molecule has 342 valence electrons. The van der Waals surface area contributed by atoms with Gasteiger partial charge in [0.05, 0.1) is 63.3 Å². The van der Waals surface area contributed by atoms with Crippen molar-refractivity contribution < 1.29 is 0 Å². The zero-order valence-corrected chi connectivity index (χ0v) is 39.5. The summed E-state index contributed by atoms with van der Waals surface area (Å²) in [6, 6.07) is 82.2. The summed E-state index contributed by atoms with van der Waals surface area (Å²) in [6.45, 7) is 7.87. The van der Waals surface area contributed by atoms with Gasteiger partial charge in [0, 0.05) is 38.2 Å². The third-order valence-corrected chi connectivity index (χ3v) is 13.9. The lowest BCUT2D eigenvalue weighted by atomic mass is 9.99. The van der Waals surface area contributed by atoms with Crippen molar-refractivity contribution in [1.82, 2.24) is 24.1 Å². The van der Waals surface area contributed by atoms with Gasteiger partial charge in [-0.2, -0.15) is 10.5 Å². The van der Waals surface area contributed by atoms with Gasteiger partial charge in [-0.3, -0.25) is 0 Å². The van der Waals surface area contributed by atoms with E-state index in [1.807, 2.05) is 84.9 Å². The van der Waals surface area contributed by atoms with Crippen molar-refractivity contribution >= 4 is 49.3 Å². The van der Waals surface area contributed by atoms with Crippen LogP contribution in [0, 0.1) is 29.2 Å². The van der Waals surface area contributed by atoms with E-state index >= 15 is 0 Å². The molecule has 3 heterocycles. The number of nitrogens with zero attached hydrogens (tertiary/aromatic N) is 8. The zero-order chi connectivity index (χ0) is 49.7. The standard InChI is InChI=1S/C66H38N8/c1-69-51-15-11-14-48(37-51)50-33-35-63(74-60-22-8-4-18-54(60)55-19-5-9-23-61(55)74)57(39-50)66-71-64(46-30-28-45(29-31-46)44-26-24-42(40-67)25-27-44)70-65(72-66)56-38-49(47-13-10-12-43(36-47)41-68)32-34-62(56)73-58-20-6-2-16-52(58)53-17-3-7-21-59(53)73/h2-39H. The fraction of sp³-hybridized carbons (Fsp3) is 0. The maximum absolute atomic E-state index is 10.0. The minimum absolute atomic E-state index is 0.449. The second-order valence-electron chi connectivity index (χ2n) is 18.1. The maximum Gasteiger partial charge on any atom is 0.187 e. The van der Waals surface area contributed by atoms with Crippen LogP contribution in [0.15, 0.2) is 231 Å². The minimum Gasteiger partial charge on any atom is -0.309 e. The summed E-state index contributed by atoms with van der Waals surface area (Å²) in [5, 5.41) is 24.0. The molecule has 0 atom stereocenters. The van der Waals surface area contributed by atoms with Gasteiger partial charge >= 0.3 is 0 Å². The molecule has 0 fully saturated rings. The molecule has 0 bridgehead atoms. The second-order valence-corrected chi connectivity index (χ2v) is 18.1. The Balaban J connectivity index is 1.12. The molecule has 3 aromatic heterocycles. The molecule has 0 saturated carbocycles. The number of hydrogen-bond donors (Lipinski definition) is 0. The van der Waals surface area contributed by atoms with Crippen LogP contribution in [0.3, 0.4) is 0 Å². The van der Waals surface area contributed by atoms with Crippen molar-refractivity contribution in [3.8, 4) is 91.1 Å². The van der Waals surface area contributed by atoms with E-state index in [1.165, 1.54) is 0 Å². The lowest BCUT2D eigenvalue weighted by Crippen LogP contribution is -2.06. The normalized spacial score (nSPS) is 11.2. The average molecular weight is 943 g/mol. The highest BCUT2D eigenvalue weighted by Gasteiger charge is 2.24. The smallest absolute Gasteiger partial charge is 0.187 e. The number of hydrogen-bond acceptors (Lipinski definition) is 5. The summed E-state index contributed by atoms with van der Waals surface area (Å²) < 4.78 is 4.58. The fourth-order valence-electron chi connectivity index (χ4n) is 10.4. The van der Waals surface area contributed by atoms with Crippen molar-refractivity contribution in [2.75, 3.05) is 0 Å². The number of fused-ring (bicyclic) bond motifs is 6. The Morgan fingerprint density at radius 1 is 0.338 bits per heavy atom. The summed E-state index contributed by atoms with van der Waals surface area (Å²) in [5.41, 5.74) is 15.4. The first-order valence-corrected chi connectivity index (χ1v) is 24.1. The summed E-state index contributed by atoms with van der Waals surface area (Å²) in [7, 11) is 0. The minimum atomic E-state index is 0.449. The van der Waals surface area contributed by atoms with Gasteiger partial charge in [-0.25, -0.2) is 19.8 Å². The van der Waals surface area contributed by atoms with E-state index in [0.717, 1.165) is 105 Å². The van der Waals surface area contributed by atoms with E-state index in [-0.39, 0.29) is 0 Å². The topological polar surface area (TPSA) is 100 Å². The summed E-state index contributed by atoms with van der Waals surface area (Å²) in [4.78, 5) is 20.3. The van der Waals surface area contributed by atoms with Gasteiger partial charge in [0.1, 0.15) is 0 Å². The third-order valence-electron chi connectivity index (χ3n) is 13.9. The van der Waals surface area contributed by atoms with Crippen LogP contribution < -0.4 is 0 Å². The van der Waals surface area contributed by atoms with E-state index in [0.29, 0.717) is 34.3 Å². The van der Waals surface area contributed by atoms with Gasteiger partial charge in [-0.1, -0.05) is 152 Å². The van der Waals surface area contributed by atoms with Gasteiger partial charge < -0.3 is 9.13 Å². The average Bonchev–Trinajstić information content (AvgIpc) is 4.00. The molecule has 0 N–H and O–H groups in total. The molecule has 13 rings (SSSR count). The Labute approximate surface area is 426 Å². The molecule has 10 aromatic carbocycles. The predicted octanol–water partition coefficient (Wildman–Crippen LogP) is 16.4. The van der Waals surface area contributed by atoms with Crippen molar-refractivity contribution in [3.05, 3.63) is 253 Å². The molecule has 74 heavy (non-hydrogen) atoms. The largest absolute Gasteiger partial charge is 0.309 e. The Bertz CT molecular complexity index is 4180. The van der Waals surface area contributed by atoms with Crippen LogP contribution in [0.5, 0.6) is 0 Å². The molecule has 0 aliphatic heterocycles. The zero-order valence-electron chi connectivity index (χ0n) is 39.5. The second kappa shape index (κ2) is 17.9. The molecular weight excluding hydrogens is 905 g/mol. The highest BCUT2D eigenvalue weighted by Crippen LogP contribution is 2.42. The molecule has 0 aliphatic rings. The van der Waals surface area contributed by atoms with E-state index in [2.05, 4.69) is 172 Å². The van der Waals surface area contributed by atoms with E-state index in [1.54, 1.807) is 0 Å². The van der Waals surface area contributed by atoms with Crippen molar-refractivity contribution in [3.63, 3.8) is 0 Å². The van der Waals surface area contributed by atoms with Crippen LogP contribution in [-0.2, 0) is 0 Å². The van der Waals surface area contributed by atoms with Gasteiger partial charge in [-0.05, 0) is 112 Å². The number of para-hydroxylation sites is 4. The lowest BCUT2D eigenvalue weighted by Gasteiger charge is -2.18. The van der Waals surface area contributed by atoms with Crippen molar-refractivity contribution in [1.29, 1.82) is 10.5 Å². The van der Waals surface area contributed by atoms with Crippen LogP contribution in [0.1, 0.15) is 11.1 Å². The monoisotopic (exact) mass is 942 g/mol. The molecular formula is C66H38N8. The molecule has 8 nitrogen and oxygen atoms in total. The lowest BCUT2D eigenvalue weighted by molar-refractivity contribution is 1.06. The summed E-state index contributed by atoms with van der Waals surface area (Å²) in [6.07, 6.45) is 0. The first-order valence-electron chi connectivity index (χ1n) is 24.1. The quantitative estimate of drug-likeness (QED) is 0.141. The number of benzene rings is 10. The maximum atomic E-state index is 10.0. The van der Waals surface area contributed by atoms with Gasteiger partial charge in [0.2, 0.25) is 0 Å². The Morgan fingerprint density at radius 3 is 1.20 bits per heavy atom. The summed E-state index contributed by atoms with van der Waals surface area (Å²) in [5.74, 6) is 1.37. The van der Waals surface area contributed by atoms with E-state index in [9.17, 15) is 10.5 Å². The third kappa shape index (κ3) is 7.42. The van der Waals surface area contributed by atoms with Gasteiger partial charge in [0.15, 0.2) is 23.2 Å². The SMILES string of the molecule is [C-]#[N+]c1cccc(-c2ccc(-n3c4ccccc4c4ccccc43)c(-c3nc(-c4ccc(-c5ccc(C#N)cc5)cc4)nc(-c4cc(-c5cccc(C#N)c5)ccc4-n4c5ccccc5c5ccccc54)n3)c2)c1. The predicted molar refractivity (Wildman–Crippen MR) is 297 cm³/mol. The van der Waals surface area contributed by atoms with E-state index < -0.39 is 0 Å². The Kier molecular flexibility index (Phi) is 10.5. The molecule has 0 saturated heterocycles. The first-order chi connectivity index (χ1) is 36.5. The highest BCUT2D eigenvalue weighted by molar-refractivity contribution is 6.11. The van der Waals surface area contributed by atoms with Crippen LogP contribution in [0.4, 0.5) is 5.69 Å². The molecule has 0 radical (unpaired) electrons. The Morgan fingerprint density at radius 2 is 0.730 bits per heavy atom. The molecule has 8 heteroatoms. The van der Waals surface area contributed by atoms with Gasteiger partial charge in [0.25, 0.3) is 0 Å². The van der Waals surface area contributed by atoms with Crippen LogP contribution in [-0.4, -0.2) is 24.1 Å². The van der Waals surface area contributed by atoms with Crippen LogP contribution >= 0.6 is 0 Å².